The number of nitrogens with one attached hydrogen (secondary N) is 1. The third kappa shape index (κ3) is 3.29. The highest BCUT2D eigenvalue weighted by atomic mass is 19.3. The van der Waals surface area contributed by atoms with Crippen molar-refractivity contribution in [2.75, 3.05) is 5.32 Å². The zero-order chi connectivity index (χ0) is 15.6. The number of hydrogen-bond donors (Lipinski definition) is 2. The van der Waals surface area contributed by atoms with Crippen LogP contribution in [0.25, 0.3) is 0 Å². The van der Waals surface area contributed by atoms with Crippen LogP contribution < -0.4 is 10.1 Å². The smallest absolute Gasteiger partial charge is 0.387 e. The van der Waals surface area contributed by atoms with E-state index in [4.69, 9.17) is 5.11 Å². The molecule has 114 valence electrons. The van der Waals surface area contributed by atoms with Gasteiger partial charge in [0.25, 0.3) is 0 Å². The Bertz CT molecular complexity index is 562. The number of amides is 1. The minimum absolute atomic E-state index is 0.135. The van der Waals surface area contributed by atoms with Crippen molar-refractivity contribution >= 4 is 17.6 Å². The summed E-state index contributed by atoms with van der Waals surface area (Å²) in [5, 5.41) is 11.5. The van der Waals surface area contributed by atoms with Crippen LogP contribution in [0.3, 0.4) is 0 Å². The van der Waals surface area contributed by atoms with E-state index in [1.165, 1.54) is 12.1 Å². The molecular weight excluding hydrogens is 284 g/mol. The Balaban J connectivity index is 2.15. The predicted octanol–water partition coefficient (Wildman–Crippen LogP) is 2.65. The summed E-state index contributed by atoms with van der Waals surface area (Å²) in [6.07, 6.45) is 0.918. The number of carboxylic acids is 1. The zero-order valence-electron chi connectivity index (χ0n) is 11.3. The number of benzene rings is 1. The molecule has 0 aliphatic heterocycles. The van der Waals surface area contributed by atoms with Crippen molar-refractivity contribution in [3.63, 3.8) is 0 Å². The Morgan fingerprint density at radius 2 is 2.00 bits per heavy atom. The Hall–Kier alpha value is -2.18. The van der Waals surface area contributed by atoms with Crippen LogP contribution in [-0.2, 0) is 9.59 Å². The lowest BCUT2D eigenvalue weighted by Crippen LogP contribution is -2.41. The number of aryl methyl sites for hydroxylation is 1. The van der Waals surface area contributed by atoms with E-state index in [1.807, 2.05) is 0 Å². The zero-order valence-corrected chi connectivity index (χ0v) is 11.3. The number of anilines is 1. The molecule has 1 aromatic rings. The first kappa shape index (κ1) is 15.2. The van der Waals surface area contributed by atoms with Crippen LogP contribution in [0, 0.1) is 18.8 Å². The molecule has 1 amide bonds. The summed E-state index contributed by atoms with van der Waals surface area (Å²) in [5.41, 5.74) is 0.714. The molecule has 1 aromatic carbocycles. The van der Waals surface area contributed by atoms with Crippen LogP contribution in [0.5, 0.6) is 5.75 Å². The van der Waals surface area contributed by atoms with Gasteiger partial charge in [0.2, 0.25) is 5.91 Å². The fraction of sp³-hybridized carbons (Fsp3) is 0.429. The molecule has 2 atom stereocenters. The maximum atomic E-state index is 12.4. The van der Waals surface area contributed by atoms with Crippen molar-refractivity contribution in [3.8, 4) is 5.75 Å². The number of ether oxygens (including phenoxy) is 1. The second-order valence-corrected chi connectivity index (χ2v) is 4.94. The van der Waals surface area contributed by atoms with Crippen molar-refractivity contribution in [1.82, 2.24) is 0 Å². The second kappa shape index (κ2) is 6.07. The number of para-hydroxylation sites is 1. The molecule has 0 bridgehead atoms. The SMILES string of the molecule is Cc1cccc(OC(F)F)c1NC(=O)C1CCC1C(=O)O. The second-order valence-electron chi connectivity index (χ2n) is 4.94. The average Bonchev–Trinajstić information content (AvgIpc) is 2.30. The molecule has 2 unspecified atom stereocenters. The topological polar surface area (TPSA) is 75.6 Å². The van der Waals surface area contributed by atoms with Gasteiger partial charge in [-0.2, -0.15) is 8.78 Å². The van der Waals surface area contributed by atoms with Gasteiger partial charge in [0.15, 0.2) is 0 Å². The first-order valence-electron chi connectivity index (χ1n) is 6.48. The van der Waals surface area contributed by atoms with Crippen molar-refractivity contribution in [1.29, 1.82) is 0 Å². The van der Waals surface area contributed by atoms with E-state index in [1.54, 1.807) is 13.0 Å². The van der Waals surface area contributed by atoms with E-state index < -0.39 is 30.3 Å². The van der Waals surface area contributed by atoms with Gasteiger partial charge in [-0.15, -0.1) is 0 Å². The van der Waals surface area contributed by atoms with E-state index in [0.717, 1.165) is 0 Å². The Morgan fingerprint density at radius 1 is 1.33 bits per heavy atom. The lowest BCUT2D eigenvalue weighted by molar-refractivity contribution is -0.151. The molecule has 0 radical (unpaired) electrons. The average molecular weight is 299 g/mol. The molecule has 1 fully saturated rings. The molecule has 0 spiro atoms. The summed E-state index contributed by atoms with van der Waals surface area (Å²) in [6.45, 7) is -1.36. The maximum absolute atomic E-state index is 12.4. The van der Waals surface area contributed by atoms with Gasteiger partial charge in [-0.25, -0.2) is 0 Å². The highest BCUT2D eigenvalue weighted by Gasteiger charge is 2.41. The molecule has 7 heteroatoms. The van der Waals surface area contributed by atoms with Gasteiger partial charge in [-0.3, -0.25) is 9.59 Å². The number of hydrogen-bond acceptors (Lipinski definition) is 3. The van der Waals surface area contributed by atoms with Gasteiger partial charge in [-0.05, 0) is 31.4 Å². The minimum Gasteiger partial charge on any atom is -0.481 e. The summed E-state index contributed by atoms with van der Waals surface area (Å²) >= 11 is 0. The van der Waals surface area contributed by atoms with Crippen LogP contribution >= 0.6 is 0 Å². The van der Waals surface area contributed by atoms with Crippen LogP contribution in [0.4, 0.5) is 14.5 Å². The fourth-order valence-corrected chi connectivity index (χ4v) is 2.32. The Morgan fingerprint density at radius 3 is 2.52 bits per heavy atom. The summed E-state index contributed by atoms with van der Waals surface area (Å²) in [7, 11) is 0. The summed E-state index contributed by atoms with van der Waals surface area (Å²) in [4.78, 5) is 23.0. The quantitative estimate of drug-likeness (QED) is 0.876. The highest BCUT2D eigenvalue weighted by molar-refractivity contribution is 5.97. The fourth-order valence-electron chi connectivity index (χ4n) is 2.32. The normalized spacial score (nSPS) is 20.8. The van der Waals surface area contributed by atoms with E-state index in [9.17, 15) is 18.4 Å². The number of carboxylic acid groups (broad SMARTS) is 1. The van der Waals surface area contributed by atoms with E-state index in [0.29, 0.717) is 18.4 Å². The summed E-state index contributed by atoms with van der Waals surface area (Å²) in [5.74, 6) is -2.99. The van der Waals surface area contributed by atoms with Gasteiger partial charge in [0.1, 0.15) is 5.75 Å². The van der Waals surface area contributed by atoms with Crippen molar-refractivity contribution in [3.05, 3.63) is 23.8 Å². The number of carbonyl (C=O) groups is 2. The minimum atomic E-state index is -3.00. The van der Waals surface area contributed by atoms with Crippen molar-refractivity contribution < 1.29 is 28.2 Å². The molecule has 0 aromatic heterocycles. The lowest BCUT2D eigenvalue weighted by atomic mass is 9.73. The first-order chi connectivity index (χ1) is 9.90. The standard InChI is InChI=1S/C14H15F2NO4/c1-7-3-2-4-10(21-14(15)16)11(7)17-12(18)8-5-6-9(8)13(19)20/h2-4,8-9,14H,5-6H2,1H3,(H,17,18)(H,19,20). The monoisotopic (exact) mass is 299 g/mol. The van der Waals surface area contributed by atoms with Gasteiger partial charge < -0.3 is 15.2 Å². The molecular formula is C14H15F2NO4. The van der Waals surface area contributed by atoms with Crippen LogP contribution in [0.1, 0.15) is 18.4 Å². The largest absolute Gasteiger partial charge is 0.481 e. The van der Waals surface area contributed by atoms with Crippen LogP contribution in [-0.4, -0.2) is 23.6 Å². The third-order valence-corrected chi connectivity index (χ3v) is 3.63. The lowest BCUT2D eigenvalue weighted by Gasteiger charge is -2.32. The third-order valence-electron chi connectivity index (χ3n) is 3.63. The molecule has 1 aliphatic carbocycles. The van der Waals surface area contributed by atoms with E-state index >= 15 is 0 Å². The summed E-state index contributed by atoms with van der Waals surface area (Å²) < 4.78 is 29.1. The van der Waals surface area contributed by atoms with Crippen LogP contribution in [0.15, 0.2) is 18.2 Å². The first-order valence-corrected chi connectivity index (χ1v) is 6.48. The highest BCUT2D eigenvalue weighted by Crippen LogP contribution is 2.37. The molecule has 0 heterocycles. The van der Waals surface area contributed by atoms with Gasteiger partial charge in [-0.1, -0.05) is 12.1 Å². The number of alkyl halides is 2. The van der Waals surface area contributed by atoms with E-state index in [-0.39, 0.29) is 11.4 Å². The number of halogens is 2. The van der Waals surface area contributed by atoms with Crippen LogP contribution in [0.2, 0.25) is 0 Å². The Kier molecular flexibility index (Phi) is 4.40. The molecule has 5 nitrogen and oxygen atoms in total. The van der Waals surface area contributed by atoms with Gasteiger partial charge in [0, 0.05) is 0 Å². The maximum Gasteiger partial charge on any atom is 0.387 e. The molecule has 1 saturated carbocycles. The molecule has 2 N–H and O–H groups in total. The van der Waals surface area contributed by atoms with Crippen molar-refractivity contribution in [2.24, 2.45) is 11.8 Å². The van der Waals surface area contributed by atoms with Gasteiger partial charge >= 0.3 is 12.6 Å². The molecule has 21 heavy (non-hydrogen) atoms. The summed E-state index contributed by atoms with van der Waals surface area (Å²) in [6, 6.07) is 4.50. The van der Waals surface area contributed by atoms with E-state index in [2.05, 4.69) is 10.1 Å². The number of rotatable bonds is 5. The molecule has 1 aliphatic rings. The predicted molar refractivity (Wildman–Crippen MR) is 70.3 cm³/mol. The van der Waals surface area contributed by atoms with Crippen molar-refractivity contribution in [2.45, 2.75) is 26.4 Å². The Labute approximate surface area is 119 Å². The number of aliphatic carboxylic acids is 1. The molecule has 2 rings (SSSR count). The van der Waals surface area contributed by atoms with Gasteiger partial charge in [0.05, 0.1) is 17.5 Å². The number of carbonyl (C=O) groups excluding carboxylic acids is 1. The molecule has 0 saturated heterocycles.